The lowest BCUT2D eigenvalue weighted by molar-refractivity contribution is -0.124. The smallest absolute Gasteiger partial charge is 0.407 e. The summed E-state index contributed by atoms with van der Waals surface area (Å²) in [5.41, 5.74) is 1.32. The van der Waals surface area contributed by atoms with E-state index in [1.165, 1.54) is 0 Å². The van der Waals surface area contributed by atoms with Gasteiger partial charge in [-0.2, -0.15) is 0 Å². The Balaban J connectivity index is 1.70. The van der Waals surface area contributed by atoms with Gasteiger partial charge in [-0.25, -0.2) is 4.79 Å². The quantitative estimate of drug-likeness (QED) is 0.416. The molecule has 2 aromatic carbocycles. The van der Waals surface area contributed by atoms with Crippen molar-refractivity contribution in [1.82, 2.24) is 5.32 Å². The maximum absolute atomic E-state index is 12.3. The highest BCUT2D eigenvalue weighted by molar-refractivity contribution is 14.1. The van der Waals surface area contributed by atoms with Gasteiger partial charge in [-0.3, -0.25) is 4.79 Å². The lowest BCUT2D eigenvalue weighted by Crippen LogP contribution is -2.36. The van der Waals surface area contributed by atoms with E-state index in [0.29, 0.717) is 32.8 Å². The molecule has 2 atom stereocenters. The van der Waals surface area contributed by atoms with E-state index in [4.69, 9.17) is 9.47 Å². The summed E-state index contributed by atoms with van der Waals surface area (Å²) >= 11 is 2.25. The Kier molecular flexibility index (Phi) is 9.78. The van der Waals surface area contributed by atoms with Gasteiger partial charge in [0, 0.05) is 16.7 Å². The number of nitrogens with one attached hydrogen (secondary N) is 1. The summed E-state index contributed by atoms with van der Waals surface area (Å²) in [6.07, 6.45) is 0.272. The molecule has 1 N–H and O–H groups in total. The van der Waals surface area contributed by atoms with Gasteiger partial charge in [0.1, 0.15) is 5.78 Å². The van der Waals surface area contributed by atoms with Crippen LogP contribution in [0, 0.1) is 9.49 Å². The van der Waals surface area contributed by atoms with Crippen LogP contribution in [0.1, 0.15) is 38.3 Å². The number of ether oxygens (including phenoxy) is 2. The van der Waals surface area contributed by atoms with Crippen molar-refractivity contribution in [2.24, 2.45) is 5.92 Å². The Morgan fingerprint density at radius 2 is 1.87 bits per heavy atom. The lowest BCUT2D eigenvalue weighted by atomic mass is 9.80. The molecule has 0 saturated carbocycles. The number of alkyl carbamates (subject to hydrolysis) is 1. The van der Waals surface area contributed by atoms with Crippen LogP contribution < -0.4 is 5.32 Å². The summed E-state index contributed by atoms with van der Waals surface area (Å²) in [5, 5.41) is 2.74. The fraction of sp³-hybridized carbons (Fsp3) is 0.417. The van der Waals surface area contributed by atoms with Crippen molar-refractivity contribution in [3.63, 3.8) is 0 Å². The molecule has 0 aliphatic carbocycles. The van der Waals surface area contributed by atoms with Crippen LogP contribution in [0.15, 0.2) is 54.6 Å². The minimum atomic E-state index is -0.672. The number of Topliss-reactive ketones (excluding diaryl/α,β-unsaturated/α-hetero) is 1. The van der Waals surface area contributed by atoms with Crippen molar-refractivity contribution in [2.45, 2.75) is 39.2 Å². The van der Waals surface area contributed by atoms with Crippen molar-refractivity contribution in [1.29, 1.82) is 0 Å². The van der Waals surface area contributed by atoms with Crippen LogP contribution in [0.2, 0.25) is 0 Å². The molecule has 0 spiro atoms. The van der Waals surface area contributed by atoms with Gasteiger partial charge in [0.05, 0.1) is 18.6 Å². The number of hydrogen-bond acceptors (Lipinski definition) is 4. The second-order valence-corrected chi connectivity index (χ2v) is 9.03. The molecule has 0 heterocycles. The summed E-state index contributed by atoms with van der Waals surface area (Å²) in [7, 11) is 0. The molecule has 0 fully saturated rings. The summed E-state index contributed by atoms with van der Waals surface area (Å²) in [6.45, 7) is 7.17. The predicted molar refractivity (Wildman–Crippen MR) is 126 cm³/mol. The number of ketones is 1. The molecule has 2 unspecified atom stereocenters. The van der Waals surface area contributed by atoms with E-state index in [0.717, 1.165) is 14.7 Å². The average Bonchev–Trinajstić information content (AvgIpc) is 2.72. The van der Waals surface area contributed by atoms with Gasteiger partial charge in [0.25, 0.3) is 0 Å². The normalized spacial score (nSPS) is 13.9. The average molecular weight is 523 g/mol. The number of benzene rings is 2. The Hall–Kier alpha value is -1.93. The summed E-state index contributed by atoms with van der Waals surface area (Å²) in [6, 6.07) is 17.7. The zero-order valence-electron chi connectivity index (χ0n) is 17.8. The topological polar surface area (TPSA) is 64.6 Å². The molecule has 5 nitrogen and oxygen atoms in total. The Morgan fingerprint density at radius 1 is 1.13 bits per heavy atom. The van der Waals surface area contributed by atoms with Crippen molar-refractivity contribution in [2.75, 3.05) is 19.8 Å². The number of hydrogen-bond donors (Lipinski definition) is 1. The Labute approximate surface area is 192 Å². The highest BCUT2D eigenvalue weighted by Crippen LogP contribution is 2.27. The molecule has 0 aliphatic heterocycles. The third kappa shape index (κ3) is 7.72. The van der Waals surface area contributed by atoms with Crippen molar-refractivity contribution < 1.29 is 19.1 Å². The van der Waals surface area contributed by atoms with Gasteiger partial charge < -0.3 is 14.8 Å². The molecule has 30 heavy (non-hydrogen) atoms. The minimum Gasteiger partial charge on any atom is -0.450 e. The first-order valence-electron chi connectivity index (χ1n) is 10.1. The zero-order valence-corrected chi connectivity index (χ0v) is 20.0. The van der Waals surface area contributed by atoms with E-state index in [9.17, 15) is 9.59 Å². The van der Waals surface area contributed by atoms with Crippen LogP contribution in [0.5, 0.6) is 0 Å². The van der Waals surface area contributed by atoms with Gasteiger partial charge in [-0.05, 0) is 72.0 Å². The van der Waals surface area contributed by atoms with Crippen molar-refractivity contribution in [3.05, 3.63) is 69.3 Å². The van der Waals surface area contributed by atoms with Crippen molar-refractivity contribution in [3.8, 4) is 0 Å². The molecule has 2 rings (SSSR count). The molecule has 0 bridgehead atoms. The summed E-state index contributed by atoms with van der Waals surface area (Å²) < 4.78 is 12.2. The van der Waals surface area contributed by atoms with Crippen LogP contribution in [0.4, 0.5) is 4.79 Å². The maximum atomic E-state index is 12.3. The number of rotatable bonds is 11. The first kappa shape index (κ1) is 24.3. The third-order valence-corrected chi connectivity index (χ3v) is 5.83. The van der Waals surface area contributed by atoms with Crippen molar-refractivity contribution >= 4 is 34.5 Å². The monoisotopic (exact) mass is 523 g/mol. The lowest BCUT2D eigenvalue weighted by Gasteiger charge is -2.28. The number of amides is 1. The molecule has 0 radical (unpaired) electrons. The molecule has 162 valence electrons. The van der Waals surface area contributed by atoms with E-state index < -0.39 is 11.5 Å². The number of halogens is 1. The standard InChI is InChI=1S/C24H30INO4/c1-18(12-13-30-23(28)26-15-20-8-5-4-6-9-20)16-29-17-24(3,19(2)27)21-10-7-11-22(25)14-21/h4-11,14,18H,12-13,15-17H2,1-3H3,(H,26,28). The van der Waals surface area contributed by atoms with Crippen LogP contribution in [-0.2, 0) is 26.2 Å². The van der Waals surface area contributed by atoms with E-state index >= 15 is 0 Å². The molecule has 0 aliphatic rings. The first-order chi connectivity index (χ1) is 14.3. The van der Waals surface area contributed by atoms with Gasteiger partial charge >= 0.3 is 6.09 Å². The Bertz CT molecular complexity index is 827. The van der Waals surface area contributed by atoms with E-state index in [1.54, 1.807) is 6.92 Å². The minimum absolute atomic E-state index is 0.0792. The number of carbonyl (C=O) groups is 2. The van der Waals surface area contributed by atoms with Gasteiger partial charge in [-0.1, -0.05) is 49.4 Å². The Morgan fingerprint density at radius 3 is 2.53 bits per heavy atom. The highest BCUT2D eigenvalue weighted by atomic mass is 127. The third-order valence-electron chi connectivity index (χ3n) is 5.16. The van der Waals surface area contributed by atoms with Gasteiger partial charge in [0.2, 0.25) is 0 Å². The largest absolute Gasteiger partial charge is 0.450 e. The first-order valence-corrected chi connectivity index (χ1v) is 11.2. The SMILES string of the molecule is CC(=O)C(C)(COCC(C)CCOC(=O)NCc1ccccc1)c1cccc(I)c1. The maximum Gasteiger partial charge on any atom is 0.407 e. The summed E-state index contributed by atoms with van der Waals surface area (Å²) in [5.74, 6) is 0.287. The summed E-state index contributed by atoms with van der Waals surface area (Å²) in [4.78, 5) is 24.1. The van der Waals surface area contributed by atoms with Gasteiger partial charge in [0.15, 0.2) is 0 Å². The molecule has 1 amide bonds. The second kappa shape index (κ2) is 12.1. The zero-order chi connectivity index (χ0) is 22.0. The molecular formula is C24H30INO4. The number of carbonyl (C=O) groups excluding carboxylic acids is 2. The molecule has 6 heteroatoms. The highest BCUT2D eigenvalue weighted by Gasteiger charge is 2.32. The molecule has 0 aromatic heterocycles. The van der Waals surface area contributed by atoms with Crippen LogP contribution >= 0.6 is 22.6 Å². The van der Waals surface area contributed by atoms with Crippen LogP contribution in [0.3, 0.4) is 0 Å². The van der Waals surface area contributed by atoms with Gasteiger partial charge in [-0.15, -0.1) is 0 Å². The predicted octanol–water partition coefficient (Wildman–Crippen LogP) is 5.11. The fourth-order valence-electron chi connectivity index (χ4n) is 2.94. The van der Waals surface area contributed by atoms with Crippen LogP contribution in [0.25, 0.3) is 0 Å². The fourth-order valence-corrected chi connectivity index (χ4v) is 3.48. The molecular weight excluding hydrogens is 493 g/mol. The molecule has 0 saturated heterocycles. The molecule has 2 aromatic rings. The second-order valence-electron chi connectivity index (χ2n) is 7.78. The van der Waals surface area contributed by atoms with Crippen LogP contribution in [-0.4, -0.2) is 31.7 Å². The van der Waals surface area contributed by atoms with E-state index in [-0.39, 0.29) is 11.7 Å². The van der Waals surface area contributed by atoms with E-state index in [2.05, 4.69) is 27.9 Å². The van der Waals surface area contributed by atoms with E-state index in [1.807, 2.05) is 68.4 Å².